The Hall–Kier alpha value is -0.120. The van der Waals surface area contributed by atoms with E-state index in [1.165, 1.54) is 51.6 Å². The smallest absolute Gasteiger partial charge is 0.0623 e. The van der Waals surface area contributed by atoms with E-state index < -0.39 is 0 Å². The van der Waals surface area contributed by atoms with Crippen molar-refractivity contribution in [2.75, 3.05) is 26.2 Å². The summed E-state index contributed by atoms with van der Waals surface area (Å²) >= 11 is 0. The molecule has 2 N–H and O–H groups in total. The number of likely N-dealkylation sites (tertiary alicyclic amines) is 1. The molecule has 0 aromatic carbocycles. The van der Waals surface area contributed by atoms with Gasteiger partial charge in [0.25, 0.3) is 0 Å². The summed E-state index contributed by atoms with van der Waals surface area (Å²) in [6, 6.07) is 0.670. The largest absolute Gasteiger partial charge is 0.394 e. The Morgan fingerprint density at radius 1 is 1.19 bits per heavy atom. The van der Waals surface area contributed by atoms with Gasteiger partial charge in [-0.1, -0.05) is 12.8 Å². The van der Waals surface area contributed by atoms with Crippen molar-refractivity contribution in [3.63, 3.8) is 0 Å². The second-order valence-corrected chi connectivity index (χ2v) is 5.83. The average molecular weight is 226 g/mol. The highest BCUT2D eigenvalue weighted by Gasteiger charge is 2.33. The molecule has 1 saturated carbocycles. The van der Waals surface area contributed by atoms with Gasteiger partial charge in [0.2, 0.25) is 0 Å². The number of aliphatic hydroxyl groups excluding tert-OH is 1. The molecule has 0 radical (unpaired) electrons. The Morgan fingerprint density at radius 2 is 1.81 bits per heavy atom. The maximum atomic E-state index is 9.57. The van der Waals surface area contributed by atoms with Gasteiger partial charge in [-0.2, -0.15) is 0 Å². The third-order valence-corrected chi connectivity index (χ3v) is 3.75. The van der Waals surface area contributed by atoms with Gasteiger partial charge in [0.1, 0.15) is 0 Å². The van der Waals surface area contributed by atoms with Gasteiger partial charge < -0.3 is 15.3 Å². The van der Waals surface area contributed by atoms with Crippen molar-refractivity contribution in [3.8, 4) is 0 Å². The zero-order chi connectivity index (χ0) is 11.4. The minimum absolute atomic E-state index is 0.0918. The van der Waals surface area contributed by atoms with Gasteiger partial charge in [0.05, 0.1) is 12.1 Å². The molecule has 0 spiro atoms. The van der Waals surface area contributed by atoms with E-state index in [1.807, 2.05) is 0 Å². The van der Waals surface area contributed by atoms with Crippen LogP contribution in [0.1, 0.15) is 45.4 Å². The Kier molecular flexibility index (Phi) is 4.22. The molecule has 2 aliphatic rings. The normalized spacial score (nSPS) is 27.4. The molecular formula is C13H26N2O. The molecule has 0 aromatic heterocycles. The summed E-state index contributed by atoms with van der Waals surface area (Å²) in [5.74, 6) is 0. The Morgan fingerprint density at radius 3 is 2.31 bits per heavy atom. The Bertz CT molecular complexity index is 210. The molecule has 0 amide bonds. The summed E-state index contributed by atoms with van der Waals surface area (Å²) in [7, 11) is 0. The lowest BCUT2D eigenvalue weighted by atomic mass is 10.0. The van der Waals surface area contributed by atoms with Crippen LogP contribution in [-0.4, -0.2) is 47.8 Å². The van der Waals surface area contributed by atoms with Crippen LogP contribution in [0.5, 0.6) is 0 Å². The lowest BCUT2D eigenvalue weighted by Crippen LogP contribution is -2.55. The predicted octanol–water partition coefficient (Wildman–Crippen LogP) is 1.37. The van der Waals surface area contributed by atoms with Crippen molar-refractivity contribution < 1.29 is 5.11 Å². The van der Waals surface area contributed by atoms with Gasteiger partial charge in [0, 0.05) is 12.6 Å². The second-order valence-electron chi connectivity index (χ2n) is 5.83. The van der Waals surface area contributed by atoms with Crippen LogP contribution in [0.2, 0.25) is 0 Å². The highest BCUT2D eigenvalue weighted by atomic mass is 16.3. The van der Waals surface area contributed by atoms with Gasteiger partial charge in [0.15, 0.2) is 0 Å². The highest BCUT2D eigenvalue weighted by Crippen LogP contribution is 2.23. The van der Waals surface area contributed by atoms with Crippen molar-refractivity contribution in [1.82, 2.24) is 10.2 Å². The topological polar surface area (TPSA) is 35.5 Å². The molecule has 16 heavy (non-hydrogen) atoms. The number of nitrogens with one attached hydrogen (secondary N) is 1. The lowest BCUT2D eigenvalue weighted by Gasteiger charge is -2.34. The third-order valence-electron chi connectivity index (χ3n) is 3.75. The molecule has 2 rings (SSSR count). The van der Waals surface area contributed by atoms with Gasteiger partial charge >= 0.3 is 0 Å². The van der Waals surface area contributed by atoms with E-state index in [9.17, 15) is 5.11 Å². The van der Waals surface area contributed by atoms with Crippen molar-refractivity contribution in [2.24, 2.45) is 0 Å². The summed E-state index contributed by atoms with van der Waals surface area (Å²) in [4.78, 5) is 2.53. The first-order chi connectivity index (χ1) is 7.72. The van der Waals surface area contributed by atoms with Crippen LogP contribution in [0.4, 0.5) is 0 Å². The van der Waals surface area contributed by atoms with E-state index in [-0.39, 0.29) is 12.1 Å². The van der Waals surface area contributed by atoms with Crippen molar-refractivity contribution in [3.05, 3.63) is 0 Å². The number of aliphatic hydroxyl groups is 1. The molecule has 0 aromatic rings. The number of hydrogen-bond donors (Lipinski definition) is 2. The van der Waals surface area contributed by atoms with Crippen LogP contribution in [0.15, 0.2) is 0 Å². The fourth-order valence-corrected chi connectivity index (χ4v) is 2.65. The predicted molar refractivity (Wildman–Crippen MR) is 66.6 cm³/mol. The minimum Gasteiger partial charge on any atom is -0.394 e. The van der Waals surface area contributed by atoms with E-state index in [1.54, 1.807) is 0 Å². The standard InChI is InChI=1S/C13H26N2O/c1-13(11-16,14-12-6-7-12)10-15-8-4-2-3-5-9-15/h12,14,16H,2-11H2,1H3. The van der Waals surface area contributed by atoms with E-state index in [0.717, 1.165) is 6.54 Å². The summed E-state index contributed by atoms with van der Waals surface area (Å²) in [5, 5.41) is 13.2. The van der Waals surface area contributed by atoms with E-state index in [0.29, 0.717) is 6.04 Å². The number of nitrogens with zero attached hydrogens (tertiary/aromatic N) is 1. The molecule has 1 aliphatic heterocycles. The summed E-state index contributed by atoms with van der Waals surface area (Å²) < 4.78 is 0. The third kappa shape index (κ3) is 3.72. The fraction of sp³-hybridized carbons (Fsp3) is 1.00. The van der Waals surface area contributed by atoms with E-state index in [2.05, 4.69) is 17.1 Å². The lowest BCUT2D eigenvalue weighted by molar-refractivity contribution is 0.120. The summed E-state index contributed by atoms with van der Waals surface area (Å²) in [5.41, 5.74) is -0.0918. The monoisotopic (exact) mass is 226 g/mol. The van der Waals surface area contributed by atoms with Gasteiger partial charge in [-0.3, -0.25) is 0 Å². The van der Waals surface area contributed by atoms with Crippen LogP contribution in [0, 0.1) is 0 Å². The first kappa shape index (κ1) is 12.3. The first-order valence-electron chi connectivity index (χ1n) is 6.83. The number of rotatable bonds is 5. The van der Waals surface area contributed by atoms with Crippen LogP contribution >= 0.6 is 0 Å². The van der Waals surface area contributed by atoms with Crippen LogP contribution in [0.25, 0.3) is 0 Å². The fourth-order valence-electron chi connectivity index (χ4n) is 2.65. The van der Waals surface area contributed by atoms with Crippen LogP contribution < -0.4 is 5.32 Å². The zero-order valence-corrected chi connectivity index (χ0v) is 10.5. The maximum Gasteiger partial charge on any atom is 0.0623 e. The zero-order valence-electron chi connectivity index (χ0n) is 10.5. The second kappa shape index (κ2) is 5.48. The Labute approximate surface area is 99.2 Å². The molecule has 1 saturated heterocycles. The van der Waals surface area contributed by atoms with Crippen molar-refractivity contribution >= 4 is 0 Å². The van der Waals surface area contributed by atoms with Crippen molar-refractivity contribution in [1.29, 1.82) is 0 Å². The molecule has 3 heteroatoms. The van der Waals surface area contributed by atoms with Crippen molar-refractivity contribution in [2.45, 2.75) is 57.0 Å². The SMILES string of the molecule is CC(CO)(CN1CCCCCC1)NC1CC1. The molecule has 2 fully saturated rings. The molecule has 1 unspecified atom stereocenters. The molecule has 1 heterocycles. The van der Waals surface area contributed by atoms with E-state index in [4.69, 9.17) is 0 Å². The van der Waals surface area contributed by atoms with Gasteiger partial charge in [-0.05, 0) is 45.7 Å². The maximum absolute atomic E-state index is 9.57. The minimum atomic E-state index is -0.0918. The van der Waals surface area contributed by atoms with Gasteiger partial charge in [-0.15, -0.1) is 0 Å². The van der Waals surface area contributed by atoms with Crippen LogP contribution in [-0.2, 0) is 0 Å². The molecule has 94 valence electrons. The molecule has 3 nitrogen and oxygen atoms in total. The van der Waals surface area contributed by atoms with Gasteiger partial charge in [-0.25, -0.2) is 0 Å². The highest BCUT2D eigenvalue weighted by molar-refractivity contribution is 4.94. The summed E-state index contributed by atoms with van der Waals surface area (Å²) in [6.45, 7) is 5.83. The quantitative estimate of drug-likeness (QED) is 0.743. The molecule has 0 bridgehead atoms. The van der Waals surface area contributed by atoms with Crippen LogP contribution in [0.3, 0.4) is 0 Å². The van der Waals surface area contributed by atoms with E-state index >= 15 is 0 Å². The average Bonchev–Trinajstić information content (AvgIpc) is 3.06. The first-order valence-corrected chi connectivity index (χ1v) is 6.83. The number of hydrogen-bond acceptors (Lipinski definition) is 3. The Balaban J connectivity index is 1.82. The molecule has 1 atom stereocenters. The molecular weight excluding hydrogens is 200 g/mol. The summed E-state index contributed by atoms with van der Waals surface area (Å²) in [6.07, 6.45) is 7.98. The molecule has 1 aliphatic carbocycles.